The smallest absolute Gasteiger partial charge is 0.294 e. The van der Waals surface area contributed by atoms with Gasteiger partial charge in [-0.25, -0.2) is 4.98 Å². The number of rotatable bonds is 1. The fourth-order valence-electron chi connectivity index (χ4n) is 3.18. The van der Waals surface area contributed by atoms with Crippen LogP contribution in [0.2, 0.25) is 0 Å². The molecule has 5 nitrogen and oxygen atoms in total. The summed E-state index contributed by atoms with van der Waals surface area (Å²) in [6.45, 7) is 3.10. The molecule has 132 valence electrons. The van der Waals surface area contributed by atoms with Gasteiger partial charge in [0.25, 0.3) is 5.56 Å². The van der Waals surface area contributed by atoms with Gasteiger partial charge in [-0.3, -0.25) is 18.7 Å². The molecule has 3 aromatic heterocycles. The molecule has 0 aliphatic heterocycles. The highest BCUT2D eigenvalue weighted by molar-refractivity contribution is 5.82. The average Bonchev–Trinajstić information content (AvgIpc) is 3.06. The zero-order valence-corrected chi connectivity index (χ0v) is 13.9. The molecule has 26 heavy (non-hydrogen) atoms. The summed E-state index contributed by atoms with van der Waals surface area (Å²) in [7, 11) is 0. The fourth-order valence-corrected chi connectivity index (χ4v) is 3.18. The summed E-state index contributed by atoms with van der Waals surface area (Å²) in [4.78, 5) is 21.2. The first-order chi connectivity index (χ1) is 12.3. The number of halogens is 3. The van der Waals surface area contributed by atoms with E-state index in [9.17, 15) is 18.0 Å². The van der Waals surface area contributed by atoms with Crippen molar-refractivity contribution in [1.29, 1.82) is 0 Å². The van der Waals surface area contributed by atoms with Crippen LogP contribution in [-0.2, 0) is 6.18 Å². The number of hydrogen-bond acceptors (Lipinski definition) is 3. The Kier molecular flexibility index (Phi) is 3.40. The van der Waals surface area contributed by atoms with Crippen molar-refractivity contribution in [1.82, 2.24) is 18.9 Å². The van der Waals surface area contributed by atoms with Gasteiger partial charge in [0.05, 0.1) is 28.0 Å². The van der Waals surface area contributed by atoms with Crippen LogP contribution in [0.4, 0.5) is 13.2 Å². The number of imidazole rings is 1. The van der Waals surface area contributed by atoms with E-state index >= 15 is 0 Å². The molecule has 0 saturated heterocycles. The molecule has 0 aliphatic carbocycles. The fraction of sp³-hybridized carbons (Fsp3) is 0.167. The summed E-state index contributed by atoms with van der Waals surface area (Å²) < 4.78 is 43.0. The lowest BCUT2D eigenvalue weighted by Crippen LogP contribution is -2.23. The van der Waals surface area contributed by atoms with Crippen molar-refractivity contribution in [3.63, 3.8) is 0 Å². The summed E-state index contributed by atoms with van der Waals surface area (Å²) >= 11 is 0. The van der Waals surface area contributed by atoms with Crippen molar-refractivity contribution in [2.45, 2.75) is 20.0 Å². The van der Waals surface area contributed by atoms with E-state index in [-0.39, 0.29) is 16.7 Å². The minimum atomic E-state index is -4.52. The molecular weight excluding hydrogens is 345 g/mol. The number of aryl methyl sites for hydroxylation is 2. The minimum absolute atomic E-state index is 0.0770. The number of pyridine rings is 1. The van der Waals surface area contributed by atoms with E-state index in [2.05, 4.69) is 9.97 Å². The largest absolute Gasteiger partial charge is 0.416 e. The zero-order valence-electron chi connectivity index (χ0n) is 13.9. The van der Waals surface area contributed by atoms with Gasteiger partial charge in [0, 0.05) is 18.6 Å². The van der Waals surface area contributed by atoms with Crippen LogP contribution >= 0.6 is 0 Å². The van der Waals surface area contributed by atoms with Crippen LogP contribution in [0.5, 0.6) is 0 Å². The Balaban J connectivity index is 2.26. The van der Waals surface area contributed by atoms with E-state index in [0.717, 1.165) is 6.07 Å². The molecule has 0 saturated carbocycles. The van der Waals surface area contributed by atoms with Crippen molar-refractivity contribution < 1.29 is 13.2 Å². The predicted octanol–water partition coefficient (Wildman–Crippen LogP) is 3.67. The molecule has 4 rings (SSSR count). The summed E-state index contributed by atoms with van der Waals surface area (Å²) in [5.74, 6) is 0. The van der Waals surface area contributed by atoms with Crippen LogP contribution < -0.4 is 5.56 Å². The van der Waals surface area contributed by atoms with Crippen molar-refractivity contribution in [2.75, 3.05) is 0 Å². The number of benzene rings is 1. The lowest BCUT2D eigenvalue weighted by atomic mass is 10.1. The Bertz CT molecular complexity index is 1220. The number of alkyl halides is 3. The minimum Gasteiger partial charge on any atom is -0.294 e. The van der Waals surface area contributed by atoms with Gasteiger partial charge in [0.2, 0.25) is 5.65 Å². The van der Waals surface area contributed by atoms with Gasteiger partial charge in [-0.05, 0) is 43.7 Å². The third-order valence-electron chi connectivity index (χ3n) is 4.38. The zero-order chi connectivity index (χ0) is 18.6. The second-order valence-corrected chi connectivity index (χ2v) is 6.02. The molecule has 3 heterocycles. The van der Waals surface area contributed by atoms with Gasteiger partial charge in [0.15, 0.2) is 0 Å². The lowest BCUT2D eigenvalue weighted by Gasteiger charge is -2.17. The second kappa shape index (κ2) is 5.42. The van der Waals surface area contributed by atoms with Crippen LogP contribution in [0.3, 0.4) is 0 Å². The molecule has 0 amide bonds. The van der Waals surface area contributed by atoms with E-state index in [1.165, 1.54) is 28.2 Å². The SMILES string of the molecule is Cc1cc2c(cc1C(F)(F)F)n(-c1cccnc1C)c(=O)c1nccn12. The van der Waals surface area contributed by atoms with E-state index in [0.29, 0.717) is 16.9 Å². The molecular formula is C18H13F3N4O. The lowest BCUT2D eigenvalue weighted by molar-refractivity contribution is -0.137. The highest BCUT2D eigenvalue weighted by atomic mass is 19.4. The Morgan fingerprint density at radius 2 is 1.81 bits per heavy atom. The third-order valence-corrected chi connectivity index (χ3v) is 4.38. The number of nitrogens with zero attached hydrogens (tertiary/aromatic N) is 4. The van der Waals surface area contributed by atoms with E-state index < -0.39 is 17.3 Å². The molecule has 0 radical (unpaired) electrons. The summed E-state index contributed by atoms with van der Waals surface area (Å²) in [5, 5.41) is 0. The van der Waals surface area contributed by atoms with Gasteiger partial charge < -0.3 is 0 Å². The molecule has 0 spiro atoms. The van der Waals surface area contributed by atoms with Gasteiger partial charge in [-0.1, -0.05) is 0 Å². The number of aromatic nitrogens is 4. The average molecular weight is 358 g/mol. The summed E-state index contributed by atoms with van der Waals surface area (Å²) in [6.07, 6.45) is 0.0499. The highest BCUT2D eigenvalue weighted by Crippen LogP contribution is 2.34. The van der Waals surface area contributed by atoms with Crippen LogP contribution in [-0.4, -0.2) is 18.9 Å². The monoisotopic (exact) mass is 358 g/mol. The number of hydrogen-bond donors (Lipinski definition) is 0. The second-order valence-electron chi connectivity index (χ2n) is 6.02. The first-order valence-electron chi connectivity index (χ1n) is 7.80. The molecule has 0 atom stereocenters. The molecule has 0 aliphatic rings. The Hall–Kier alpha value is -3.16. The predicted molar refractivity (Wildman–Crippen MR) is 90.6 cm³/mol. The summed E-state index contributed by atoms with van der Waals surface area (Å²) in [6, 6.07) is 5.72. The number of fused-ring (bicyclic) bond motifs is 3. The quantitative estimate of drug-likeness (QED) is 0.522. The van der Waals surface area contributed by atoms with Crippen molar-refractivity contribution in [3.05, 3.63) is 70.0 Å². The standard InChI is InChI=1S/C18H13F3N4O/c1-10-8-14-15(9-12(10)18(19,20)21)25(13-4-3-5-22-11(13)2)17(26)16-23-6-7-24(14)16/h3-9H,1-2H3. The van der Waals surface area contributed by atoms with Crippen LogP contribution in [0.1, 0.15) is 16.8 Å². The van der Waals surface area contributed by atoms with Gasteiger partial charge in [-0.2, -0.15) is 13.2 Å². The summed E-state index contributed by atoms with van der Waals surface area (Å²) in [5.41, 5.74) is 0.494. The van der Waals surface area contributed by atoms with Crippen LogP contribution in [0, 0.1) is 13.8 Å². The van der Waals surface area contributed by atoms with Crippen molar-refractivity contribution in [2.24, 2.45) is 0 Å². The third kappa shape index (κ3) is 2.29. The topological polar surface area (TPSA) is 52.2 Å². The molecule has 0 fully saturated rings. The molecule has 0 bridgehead atoms. The maximum Gasteiger partial charge on any atom is 0.416 e. The Morgan fingerprint density at radius 3 is 2.50 bits per heavy atom. The van der Waals surface area contributed by atoms with Crippen LogP contribution in [0.25, 0.3) is 22.4 Å². The molecule has 1 aromatic carbocycles. The van der Waals surface area contributed by atoms with Crippen molar-refractivity contribution >= 4 is 16.7 Å². The van der Waals surface area contributed by atoms with Crippen molar-refractivity contribution in [3.8, 4) is 5.69 Å². The van der Waals surface area contributed by atoms with E-state index in [1.807, 2.05) is 0 Å². The first kappa shape index (κ1) is 16.3. The van der Waals surface area contributed by atoms with Gasteiger partial charge in [-0.15, -0.1) is 0 Å². The van der Waals surface area contributed by atoms with Crippen LogP contribution in [0.15, 0.2) is 47.7 Å². The van der Waals surface area contributed by atoms with E-state index in [4.69, 9.17) is 0 Å². The molecule has 0 unspecified atom stereocenters. The maximum atomic E-state index is 13.4. The Labute approximate surface area is 145 Å². The molecule has 0 N–H and O–H groups in total. The first-order valence-corrected chi connectivity index (χ1v) is 7.80. The van der Waals surface area contributed by atoms with Gasteiger partial charge in [0.1, 0.15) is 0 Å². The molecule has 8 heteroatoms. The normalized spacial score (nSPS) is 12.2. The highest BCUT2D eigenvalue weighted by Gasteiger charge is 2.33. The van der Waals surface area contributed by atoms with E-state index in [1.54, 1.807) is 31.5 Å². The Morgan fingerprint density at radius 1 is 1.04 bits per heavy atom. The molecule has 4 aromatic rings. The maximum absolute atomic E-state index is 13.4. The van der Waals surface area contributed by atoms with Gasteiger partial charge >= 0.3 is 6.18 Å².